The normalized spacial score (nSPS) is 17.8. The van der Waals surface area contributed by atoms with E-state index >= 15 is 0 Å². The monoisotopic (exact) mass is 464 g/mol. The molecule has 0 unspecified atom stereocenters. The first-order valence-electron chi connectivity index (χ1n) is 10.5. The summed E-state index contributed by atoms with van der Waals surface area (Å²) < 4.78 is 1.92. The molecular formula is C23H24N6O3S. The third-order valence-electron chi connectivity index (χ3n) is 5.54. The first kappa shape index (κ1) is 22.5. The summed E-state index contributed by atoms with van der Waals surface area (Å²) in [5.74, 6) is -0.307. The number of benzene rings is 2. The second-order valence-corrected chi connectivity index (χ2v) is 8.56. The molecule has 4 amide bonds. The van der Waals surface area contributed by atoms with Crippen molar-refractivity contribution in [3.05, 3.63) is 77.6 Å². The van der Waals surface area contributed by atoms with Gasteiger partial charge in [0.1, 0.15) is 11.4 Å². The van der Waals surface area contributed by atoms with Gasteiger partial charge in [0.05, 0.1) is 12.3 Å². The highest BCUT2D eigenvalue weighted by atomic mass is 32.2. The van der Waals surface area contributed by atoms with E-state index in [4.69, 9.17) is 0 Å². The summed E-state index contributed by atoms with van der Waals surface area (Å²) in [5.41, 5.74) is 2.99. The molecule has 2 aromatic carbocycles. The molecule has 1 fully saturated rings. The Hall–Kier alpha value is -3.66. The molecule has 0 radical (unpaired) electrons. The van der Waals surface area contributed by atoms with Crippen molar-refractivity contribution in [3.8, 4) is 0 Å². The number of nitrogens with zero attached hydrogens (tertiary/aromatic N) is 4. The van der Waals surface area contributed by atoms with Crippen molar-refractivity contribution < 1.29 is 14.4 Å². The highest BCUT2D eigenvalue weighted by Gasteiger charge is 2.52. The predicted octanol–water partition coefficient (Wildman–Crippen LogP) is 2.62. The van der Waals surface area contributed by atoms with Crippen molar-refractivity contribution in [1.29, 1.82) is 0 Å². The smallest absolute Gasteiger partial charge is 0.318 e. The van der Waals surface area contributed by atoms with E-state index in [0.29, 0.717) is 23.7 Å². The number of aromatic nitrogens is 3. The Bertz CT molecular complexity index is 1170. The van der Waals surface area contributed by atoms with Crippen molar-refractivity contribution in [2.24, 2.45) is 0 Å². The Kier molecular flexibility index (Phi) is 6.45. The Morgan fingerprint density at radius 3 is 2.39 bits per heavy atom. The van der Waals surface area contributed by atoms with E-state index in [9.17, 15) is 14.4 Å². The molecule has 33 heavy (non-hydrogen) atoms. The Balaban J connectivity index is 1.42. The molecule has 0 aliphatic carbocycles. The Morgan fingerprint density at radius 2 is 1.73 bits per heavy atom. The van der Waals surface area contributed by atoms with Crippen LogP contribution in [0.5, 0.6) is 0 Å². The molecule has 10 heteroatoms. The second kappa shape index (κ2) is 9.45. The van der Waals surface area contributed by atoms with Gasteiger partial charge in [-0.25, -0.2) is 4.79 Å². The predicted molar refractivity (Wildman–Crippen MR) is 123 cm³/mol. The third-order valence-corrected chi connectivity index (χ3v) is 6.51. The van der Waals surface area contributed by atoms with Gasteiger partial charge in [-0.15, -0.1) is 10.2 Å². The maximum absolute atomic E-state index is 13.1. The van der Waals surface area contributed by atoms with Crippen LogP contribution >= 0.6 is 11.8 Å². The summed E-state index contributed by atoms with van der Waals surface area (Å²) in [6.45, 7) is 4.24. The number of hydrogen-bond acceptors (Lipinski definition) is 6. The van der Waals surface area contributed by atoms with Crippen LogP contribution in [0.25, 0.3) is 0 Å². The van der Waals surface area contributed by atoms with Gasteiger partial charge in [-0.3, -0.25) is 15.0 Å². The van der Waals surface area contributed by atoms with E-state index in [2.05, 4.69) is 20.9 Å². The zero-order valence-electron chi connectivity index (χ0n) is 18.3. The largest absolute Gasteiger partial charge is 0.344 e. The van der Waals surface area contributed by atoms with Crippen LogP contribution in [-0.2, 0) is 21.7 Å². The molecule has 0 bridgehead atoms. The fourth-order valence-corrected chi connectivity index (χ4v) is 4.52. The molecule has 2 N–H and O–H groups in total. The minimum Gasteiger partial charge on any atom is -0.318 e. The van der Waals surface area contributed by atoms with Gasteiger partial charge in [0.2, 0.25) is 5.91 Å². The van der Waals surface area contributed by atoms with Gasteiger partial charge in [0.15, 0.2) is 5.16 Å². The summed E-state index contributed by atoms with van der Waals surface area (Å²) in [5, 5.41) is 12.4. The number of imide groups is 1. The maximum atomic E-state index is 13.1. The Morgan fingerprint density at radius 1 is 1.06 bits per heavy atom. The van der Waals surface area contributed by atoms with Crippen LogP contribution in [-0.4, -0.2) is 43.4 Å². The van der Waals surface area contributed by atoms with Crippen LogP contribution in [0, 0.1) is 6.92 Å². The number of carbonyl (C=O) groups excluding carboxylic acids is 3. The highest BCUT2D eigenvalue weighted by Crippen LogP contribution is 2.31. The first-order valence-corrected chi connectivity index (χ1v) is 11.5. The molecular weight excluding hydrogens is 440 g/mol. The topological polar surface area (TPSA) is 109 Å². The quantitative estimate of drug-likeness (QED) is 0.392. The van der Waals surface area contributed by atoms with E-state index in [0.717, 1.165) is 16.4 Å². The van der Waals surface area contributed by atoms with Gasteiger partial charge in [-0.2, -0.15) is 5.01 Å². The zero-order chi connectivity index (χ0) is 23.4. The summed E-state index contributed by atoms with van der Waals surface area (Å²) in [4.78, 5) is 38.3. The van der Waals surface area contributed by atoms with Gasteiger partial charge in [0, 0.05) is 0 Å². The fourth-order valence-electron chi connectivity index (χ4n) is 3.74. The summed E-state index contributed by atoms with van der Waals surface area (Å²) >= 11 is 1.19. The van der Waals surface area contributed by atoms with Crippen LogP contribution in [0.1, 0.15) is 30.3 Å². The summed E-state index contributed by atoms with van der Waals surface area (Å²) in [7, 11) is 0. The molecule has 9 nitrogen and oxygen atoms in total. The van der Waals surface area contributed by atoms with E-state index in [1.54, 1.807) is 24.3 Å². The van der Waals surface area contributed by atoms with Crippen molar-refractivity contribution in [2.45, 2.75) is 37.5 Å². The lowest BCUT2D eigenvalue weighted by atomic mass is 9.87. The Labute approximate surface area is 195 Å². The van der Waals surface area contributed by atoms with Crippen LogP contribution in [0.4, 0.5) is 4.79 Å². The SMILES string of the molecule is CC[C@]1(c2ccccc2)NC(=O)N(NC(=O)CSc2nnc(C)n2Cc2ccccc2)C1=O. The van der Waals surface area contributed by atoms with E-state index in [1.807, 2.05) is 54.8 Å². The number of nitrogens with one attached hydrogen (secondary N) is 2. The lowest BCUT2D eigenvalue weighted by Gasteiger charge is -2.25. The number of hydrogen-bond donors (Lipinski definition) is 2. The summed E-state index contributed by atoms with van der Waals surface area (Å²) in [6.07, 6.45) is 0.352. The highest BCUT2D eigenvalue weighted by molar-refractivity contribution is 7.99. The number of carbonyl (C=O) groups is 3. The minimum absolute atomic E-state index is 0.0333. The van der Waals surface area contributed by atoms with Crippen molar-refractivity contribution in [3.63, 3.8) is 0 Å². The number of urea groups is 1. The van der Waals surface area contributed by atoms with Crippen molar-refractivity contribution in [2.75, 3.05) is 5.75 Å². The molecule has 4 rings (SSSR count). The molecule has 1 atom stereocenters. The third kappa shape index (κ3) is 4.47. The summed E-state index contributed by atoms with van der Waals surface area (Å²) in [6, 6.07) is 18.2. The number of hydrazine groups is 1. The first-order chi connectivity index (χ1) is 15.9. The van der Waals surface area contributed by atoms with E-state index < -0.39 is 23.4 Å². The van der Waals surface area contributed by atoms with Gasteiger partial charge in [-0.1, -0.05) is 79.3 Å². The van der Waals surface area contributed by atoms with Crippen LogP contribution in [0.15, 0.2) is 65.8 Å². The van der Waals surface area contributed by atoms with Crippen molar-refractivity contribution in [1.82, 2.24) is 30.5 Å². The van der Waals surface area contributed by atoms with Crippen LogP contribution in [0.3, 0.4) is 0 Å². The molecule has 2 heterocycles. The molecule has 170 valence electrons. The number of thioether (sulfide) groups is 1. The van der Waals surface area contributed by atoms with Gasteiger partial charge < -0.3 is 9.88 Å². The zero-order valence-corrected chi connectivity index (χ0v) is 19.1. The molecule has 0 saturated carbocycles. The second-order valence-electron chi connectivity index (χ2n) is 7.62. The lowest BCUT2D eigenvalue weighted by Crippen LogP contribution is -2.49. The van der Waals surface area contributed by atoms with Gasteiger partial charge in [0.25, 0.3) is 5.91 Å². The molecule has 1 aromatic heterocycles. The van der Waals surface area contributed by atoms with Crippen LogP contribution in [0.2, 0.25) is 0 Å². The molecule has 1 saturated heterocycles. The van der Waals surface area contributed by atoms with Gasteiger partial charge in [-0.05, 0) is 24.5 Å². The molecule has 0 spiro atoms. The number of aryl methyl sites for hydroxylation is 1. The minimum atomic E-state index is -1.20. The molecule has 1 aliphatic rings. The van der Waals surface area contributed by atoms with E-state index in [-0.39, 0.29) is 5.75 Å². The standard InChI is InChI=1S/C23H24N6O3S/c1-3-23(18-12-8-5-9-13-18)20(31)29(21(32)24-23)27-19(30)15-33-22-26-25-16(2)28(22)14-17-10-6-4-7-11-17/h4-13H,3,14-15H2,1-2H3,(H,24,32)(H,27,30)/t23-/m1/s1. The average Bonchev–Trinajstić information content (AvgIpc) is 3.30. The number of rotatable bonds is 8. The fraction of sp³-hybridized carbons (Fsp3) is 0.261. The van der Waals surface area contributed by atoms with Crippen molar-refractivity contribution >= 4 is 29.6 Å². The average molecular weight is 465 g/mol. The maximum Gasteiger partial charge on any atom is 0.344 e. The van der Waals surface area contributed by atoms with Gasteiger partial charge >= 0.3 is 6.03 Å². The van der Waals surface area contributed by atoms with E-state index in [1.165, 1.54) is 11.8 Å². The molecule has 3 aromatic rings. The van der Waals surface area contributed by atoms with Crippen LogP contribution < -0.4 is 10.7 Å². The number of amides is 4. The lowest BCUT2D eigenvalue weighted by molar-refractivity contribution is -0.138. The molecule has 1 aliphatic heterocycles.